The Labute approximate surface area is 164 Å². The number of ether oxygens (including phenoxy) is 1. The fourth-order valence-corrected chi connectivity index (χ4v) is 3.94. The Morgan fingerprint density at radius 1 is 1.25 bits per heavy atom. The molecule has 1 fully saturated rings. The number of carbonyl (C=O) groups is 2. The maximum absolute atomic E-state index is 12.8. The third kappa shape index (κ3) is 4.98. The Morgan fingerprint density at radius 2 is 1.96 bits per heavy atom. The first-order valence-corrected chi connectivity index (χ1v) is 9.85. The van der Waals surface area contributed by atoms with Gasteiger partial charge in [0.25, 0.3) is 0 Å². The van der Waals surface area contributed by atoms with Crippen molar-refractivity contribution < 1.29 is 27.5 Å². The van der Waals surface area contributed by atoms with Crippen LogP contribution in [0.4, 0.5) is 18.9 Å². The Balaban J connectivity index is 1.78. The quantitative estimate of drug-likeness (QED) is 0.803. The molecule has 2 atom stereocenters. The molecule has 2 unspecified atom stereocenters. The highest BCUT2D eigenvalue weighted by Gasteiger charge is 2.37. The SMILES string of the molecule is CCSC1=NC(C2CNC(=O)C2)CC(=O)N1c1ccc(OCC(F)(F)F)cc1. The Kier molecular flexibility index (Phi) is 6.17. The van der Waals surface area contributed by atoms with E-state index in [4.69, 9.17) is 9.73 Å². The monoisotopic (exact) mass is 415 g/mol. The molecule has 3 rings (SSSR count). The minimum Gasteiger partial charge on any atom is -0.484 e. The molecule has 1 aromatic rings. The summed E-state index contributed by atoms with van der Waals surface area (Å²) in [6, 6.07) is 5.61. The van der Waals surface area contributed by atoms with Crippen molar-refractivity contribution in [3.63, 3.8) is 0 Å². The van der Waals surface area contributed by atoms with Crippen LogP contribution in [-0.2, 0) is 9.59 Å². The van der Waals surface area contributed by atoms with Gasteiger partial charge in [-0.2, -0.15) is 13.2 Å². The van der Waals surface area contributed by atoms with Crippen LogP contribution in [0.1, 0.15) is 19.8 Å². The molecule has 1 aromatic carbocycles. The van der Waals surface area contributed by atoms with Crippen LogP contribution in [-0.4, -0.2) is 48.1 Å². The third-order valence-electron chi connectivity index (χ3n) is 4.42. The lowest BCUT2D eigenvalue weighted by Crippen LogP contribution is -2.44. The van der Waals surface area contributed by atoms with Gasteiger partial charge in [0.15, 0.2) is 11.8 Å². The van der Waals surface area contributed by atoms with Crippen LogP contribution in [0.15, 0.2) is 29.3 Å². The first-order chi connectivity index (χ1) is 13.3. The Hall–Kier alpha value is -2.23. The molecule has 6 nitrogen and oxygen atoms in total. The molecular formula is C18H20F3N3O3S. The number of anilines is 1. The Bertz CT molecular complexity index is 768. The zero-order valence-corrected chi connectivity index (χ0v) is 16.0. The van der Waals surface area contributed by atoms with E-state index < -0.39 is 12.8 Å². The topological polar surface area (TPSA) is 71.0 Å². The fourth-order valence-electron chi connectivity index (χ4n) is 3.14. The van der Waals surface area contributed by atoms with Gasteiger partial charge in [-0.05, 0) is 30.0 Å². The zero-order chi connectivity index (χ0) is 20.3. The first-order valence-electron chi connectivity index (χ1n) is 8.86. The molecule has 0 saturated carbocycles. The fraction of sp³-hybridized carbons (Fsp3) is 0.500. The number of amides is 2. The van der Waals surface area contributed by atoms with Crippen molar-refractivity contribution in [1.82, 2.24) is 5.32 Å². The lowest BCUT2D eigenvalue weighted by molar-refractivity contribution is -0.153. The molecule has 2 aliphatic heterocycles. The minimum atomic E-state index is -4.41. The maximum atomic E-state index is 12.8. The van der Waals surface area contributed by atoms with Crippen molar-refractivity contribution in [3.8, 4) is 5.75 Å². The number of carbonyl (C=O) groups excluding carboxylic acids is 2. The molecule has 0 aromatic heterocycles. The largest absolute Gasteiger partial charge is 0.484 e. The van der Waals surface area contributed by atoms with E-state index in [9.17, 15) is 22.8 Å². The Morgan fingerprint density at radius 3 is 2.54 bits per heavy atom. The molecule has 2 heterocycles. The van der Waals surface area contributed by atoms with Crippen LogP contribution in [0.2, 0.25) is 0 Å². The molecule has 28 heavy (non-hydrogen) atoms. The molecule has 1 N–H and O–H groups in total. The summed E-state index contributed by atoms with van der Waals surface area (Å²) in [6.07, 6.45) is -3.87. The first kappa shape index (κ1) is 20.5. The summed E-state index contributed by atoms with van der Waals surface area (Å²) in [5.41, 5.74) is 0.517. The summed E-state index contributed by atoms with van der Waals surface area (Å²) >= 11 is 1.41. The second-order valence-corrected chi connectivity index (χ2v) is 7.74. The van der Waals surface area contributed by atoms with Gasteiger partial charge in [-0.25, -0.2) is 0 Å². The standard InChI is InChI=1S/C18H20F3N3O3S/c1-2-28-17-23-14(11-7-15(25)22-9-11)8-16(26)24(17)12-3-5-13(6-4-12)27-10-18(19,20)21/h3-6,11,14H,2,7-10H2,1H3,(H,22,25). The number of benzene rings is 1. The molecule has 152 valence electrons. The molecule has 0 aliphatic carbocycles. The summed E-state index contributed by atoms with van der Waals surface area (Å²) in [5.74, 6) is 0.572. The van der Waals surface area contributed by atoms with Crippen molar-refractivity contribution >= 4 is 34.4 Å². The van der Waals surface area contributed by atoms with E-state index in [1.165, 1.54) is 40.9 Å². The molecule has 1 saturated heterocycles. The summed E-state index contributed by atoms with van der Waals surface area (Å²) in [7, 11) is 0. The molecule has 0 bridgehead atoms. The predicted octanol–water partition coefficient (Wildman–Crippen LogP) is 2.98. The van der Waals surface area contributed by atoms with E-state index in [0.29, 0.717) is 29.6 Å². The van der Waals surface area contributed by atoms with Gasteiger partial charge in [-0.1, -0.05) is 18.7 Å². The molecule has 10 heteroatoms. The van der Waals surface area contributed by atoms with Gasteiger partial charge < -0.3 is 10.1 Å². The van der Waals surface area contributed by atoms with E-state index in [1.807, 2.05) is 6.92 Å². The lowest BCUT2D eigenvalue weighted by atomic mass is 9.95. The molecule has 0 spiro atoms. The van der Waals surface area contributed by atoms with Gasteiger partial charge in [0.2, 0.25) is 11.8 Å². The average molecular weight is 415 g/mol. The number of hydrogen-bond acceptors (Lipinski definition) is 5. The smallest absolute Gasteiger partial charge is 0.422 e. The van der Waals surface area contributed by atoms with Crippen LogP contribution in [0.5, 0.6) is 5.75 Å². The lowest BCUT2D eigenvalue weighted by Gasteiger charge is -2.32. The van der Waals surface area contributed by atoms with Crippen LogP contribution in [0.3, 0.4) is 0 Å². The highest BCUT2D eigenvalue weighted by atomic mass is 32.2. The number of thioether (sulfide) groups is 1. The van der Waals surface area contributed by atoms with E-state index in [1.54, 1.807) is 0 Å². The molecule has 2 amide bonds. The predicted molar refractivity (Wildman–Crippen MR) is 101 cm³/mol. The summed E-state index contributed by atoms with van der Waals surface area (Å²) in [5, 5.41) is 3.30. The normalized spacial score (nSPS) is 22.9. The average Bonchev–Trinajstić information content (AvgIpc) is 3.06. The van der Waals surface area contributed by atoms with Crippen molar-refractivity contribution in [2.75, 3.05) is 23.8 Å². The number of hydrogen-bond donors (Lipinski definition) is 1. The number of nitrogens with one attached hydrogen (secondary N) is 1. The number of halogens is 3. The van der Waals surface area contributed by atoms with Gasteiger partial charge in [-0.3, -0.25) is 19.5 Å². The number of amidine groups is 1. The van der Waals surface area contributed by atoms with Crippen LogP contribution >= 0.6 is 11.8 Å². The zero-order valence-electron chi connectivity index (χ0n) is 15.2. The van der Waals surface area contributed by atoms with Gasteiger partial charge in [-0.15, -0.1) is 0 Å². The van der Waals surface area contributed by atoms with Crippen LogP contribution < -0.4 is 15.0 Å². The second-order valence-electron chi connectivity index (χ2n) is 6.51. The van der Waals surface area contributed by atoms with Crippen LogP contribution in [0, 0.1) is 5.92 Å². The minimum absolute atomic E-state index is 0.01000. The van der Waals surface area contributed by atoms with Gasteiger partial charge in [0, 0.05) is 18.9 Å². The van der Waals surface area contributed by atoms with Crippen molar-refractivity contribution in [2.24, 2.45) is 10.9 Å². The second kappa shape index (κ2) is 8.42. The third-order valence-corrected chi connectivity index (χ3v) is 5.26. The molecule has 0 radical (unpaired) electrons. The van der Waals surface area contributed by atoms with E-state index in [0.717, 1.165) is 0 Å². The van der Waals surface area contributed by atoms with Crippen molar-refractivity contribution in [2.45, 2.75) is 32.0 Å². The van der Waals surface area contributed by atoms with E-state index in [2.05, 4.69) is 5.32 Å². The molecule has 2 aliphatic rings. The number of aliphatic imine (C=N–C) groups is 1. The number of nitrogens with zero attached hydrogens (tertiary/aromatic N) is 2. The highest BCUT2D eigenvalue weighted by Crippen LogP contribution is 2.31. The molecular weight excluding hydrogens is 395 g/mol. The highest BCUT2D eigenvalue weighted by molar-refractivity contribution is 8.14. The van der Waals surface area contributed by atoms with E-state index >= 15 is 0 Å². The van der Waals surface area contributed by atoms with Gasteiger partial charge in [0.1, 0.15) is 5.75 Å². The maximum Gasteiger partial charge on any atom is 0.422 e. The van der Waals surface area contributed by atoms with Gasteiger partial charge >= 0.3 is 6.18 Å². The number of rotatable bonds is 5. The summed E-state index contributed by atoms with van der Waals surface area (Å²) in [4.78, 5) is 30.5. The van der Waals surface area contributed by atoms with Crippen LogP contribution in [0.25, 0.3) is 0 Å². The van der Waals surface area contributed by atoms with Crippen molar-refractivity contribution in [1.29, 1.82) is 0 Å². The van der Waals surface area contributed by atoms with Crippen molar-refractivity contribution in [3.05, 3.63) is 24.3 Å². The number of alkyl halides is 3. The van der Waals surface area contributed by atoms with Gasteiger partial charge in [0.05, 0.1) is 18.2 Å². The van der Waals surface area contributed by atoms with E-state index in [-0.39, 0.29) is 35.9 Å². The summed E-state index contributed by atoms with van der Waals surface area (Å²) < 4.78 is 41.5. The summed E-state index contributed by atoms with van der Waals surface area (Å²) in [6.45, 7) is 1.08.